The number of carbonyl (C=O) groups is 1. The van der Waals surface area contributed by atoms with Crippen molar-refractivity contribution in [2.45, 2.75) is 45.5 Å². The zero-order valence-electron chi connectivity index (χ0n) is 18.2. The summed E-state index contributed by atoms with van der Waals surface area (Å²) >= 11 is 0. The monoisotopic (exact) mass is 463 g/mol. The Kier molecular flexibility index (Phi) is 6.02. The SMILES string of the molecule is Cc1cc(N2CC(C(C)C)OC2O)nc2c(C(=O)NC(c3ccccc3)C(F)(F)F)cnn12. The average Bonchev–Trinajstić information content (AvgIpc) is 3.35. The minimum Gasteiger partial charge on any atom is -0.351 e. The van der Waals surface area contributed by atoms with Crippen LogP contribution in [-0.2, 0) is 4.74 Å². The van der Waals surface area contributed by atoms with Crippen molar-refractivity contribution in [1.29, 1.82) is 0 Å². The molecular formula is C22H24F3N5O3. The van der Waals surface area contributed by atoms with Gasteiger partial charge in [0.25, 0.3) is 5.91 Å². The van der Waals surface area contributed by atoms with Crippen LogP contribution in [0.25, 0.3) is 5.65 Å². The molecule has 1 aliphatic rings. The van der Waals surface area contributed by atoms with Gasteiger partial charge in [-0.2, -0.15) is 18.3 Å². The van der Waals surface area contributed by atoms with Gasteiger partial charge in [0.05, 0.1) is 18.8 Å². The Bertz CT molecular complexity index is 1150. The Morgan fingerprint density at radius 2 is 1.97 bits per heavy atom. The maximum atomic E-state index is 13.7. The Balaban J connectivity index is 1.68. The molecule has 0 spiro atoms. The summed E-state index contributed by atoms with van der Waals surface area (Å²) < 4.78 is 48.0. The van der Waals surface area contributed by atoms with E-state index in [1.807, 2.05) is 13.8 Å². The van der Waals surface area contributed by atoms with Crippen LogP contribution in [0.1, 0.15) is 41.5 Å². The van der Waals surface area contributed by atoms with E-state index in [0.717, 1.165) is 0 Å². The molecule has 176 valence electrons. The van der Waals surface area contributed by atoms with Crippen LogP contribution in [-0.4, -0.2) is 50.9 Å². The number of aromatic nitrogens is 3. The number of aliphatic hydroxyl groups is 1. The Hall–Kier alpha value is -3.18. The smallest absolute Gasteiger partial charge is 0.351 e. The number of carbonyl (C=O) groups excluding carboxylic acids is 1. The number of alkyl halides is 3. The fourth-order valence-electron chi connectivity index (χ4n) is 3.74. The number of benzene rings is 1. The lowest BCUT2D eigenvalue weighted by molar-refractivity contribution is -0.155. The van der Waals surface area contributed by atoms with E-state index >= 15 is 0 Å². The van der Waals surface area contributed by atoms with Gasteiger partial charge >= 0.3 is 6.18 Å². The second kappa shape index (κ2) is 8.64. The van der Waals surface area contributed by atoms with Crippen LogP contribution in [0.2, 0.25) is 0 Å². The summed E-state index contributed by atoms with van der Waals surface area (Å²) in [7, 11) is 0. The average molecular weight is 463 g/mol. The molecule has 1 aromatic carbocycles. The summed E-state index contributed by atoms with van der Waals surface area (Å²) in [4.78, 5) is 18.9. The summed E-state index contributed by atoms with van der Waals surface area (Å²) in [6.45, 7) is 6.03. The molecule has 3 aromatic rings. The zero-order valence-corrected chi connectivity index (χ0v) is 18.2. The standard InChI is InChI=1S/C22H24F3N5O3/c1-12(2)16-11-29(21(32)33-16)17-9-13(3)30-19(27-17)15(10-26-30)20(31)28-18(22(23,24)25)14-7-5-4-6-8-14/h4-10,12,16,18,21,32H,11H2,1-3H3,(H,28,31). The summed E-state index contributed by atoms with van der Waals surface area (Å²) in [6.07, 6.45) is -4.96. The normalized spacial score (nSPS) is 19.9. The number of nitrogens with zero attached hydrogens (tertiary/aromatic N) is 4. The summed E-state index contributed by atoms with van der Waals surface area (Å²) in [5, 5.41) is 16.5. The minimum absolute atomic E-state index is 0.0803. The van der Waals surface area contributed by atoms with Crippen LogP contribution in [0.3, 0.4) is 0 Å². The third-order valence-corrected chi connectivity index (χ3v) is 5.59. The number of anilines is 1. The van der Waals surface area contributed by atoms with Crippen molar-refractivity contribution in [3.63, 3.8) is 0 Å². The maximum Gasteiger partial charge on any atom is 0.412 e. The first-order valence-electron chi connectivity index (χ1n) is 10.4. The molecule has 2 aromatic heterocycles. The van der Waals surface area contributed by atoms with Gasteiger partial charge < -0.3 is 20.1 Å². The van der Waals surface area contributed by atoms with Gasteiger partial charge in [0.15, 0.2) is 11.7 Å². The molecule has 1 fully saturated rings. The largest absolute Gasteiger partial charge is 0.412 e. The highest BCUT2D eigenvalue weighted by molar-refractivity contribution is 6.00. The first-order chi connectivity index (χ1) is 15.6. The van der Waals surface area contributed by atoms with Gasteiger partial charge in [-0.1, -0.05) is 44.2 Å². The molecule has 3 unspecified atom stereocenters. The number of hydrogen-bond donors (Lipinski definition) is 2. The van der Waals surface area contributed by atoms with Crippen LogP contribution >= 0.6 is 0 Å². The first-order valence-corrected chi connectivity index (χ1v) is 10.4. The third kappa shape index (κ3) is 4.51. The van der Waals surface area contributed by atoms with Crippen molar-refractivity contribution < 1.29 is 27.8 Å². The molecule has 3 heterocycles. The molecular weight excluding hydrogens is 439 g/mol. The Labute approximate surface area is 188 Å². The second-order valence-corrected chi connectivity index (χ2v) is 8.31. The third-order valence-electron chi connectivity index (χ3n) is 5.59. The Morgan fingerprint density at radius 3 is 2.58 bits per heavy atom. The lowest BCUT2D eigenvalue weighted by Gasteiger charge is -2.22. The molecule has 8 nitrogen and oxygen atoms in total. The maximum absolute atomic E-state index is 13.7. The molecule has 1 aliphatic heterocycles. The van der Waals surface area contributed by atoms with Crippen molar-refractivity contribution in [1.82, 2.24) is 19.9 Å². The van der Waals surface area contributed by atoms with Crippen LogP contribution < -0.4 is 10.2 Å². The lowest BCUT2D eigenvalue weighted by Crippen LogP contribution is -2.38. The topological polar surface area (TPSA) is 92.0 Å². The van der Waals surface area contributed by atoms with Gasteiger partial charge in [0.1, 0.15) is 11.4 Å². The molecule has 11 heteroatoms. The second-order valence-electron chi connectivity index (χ2n) is 8.31. The quantitative estimate of drug-likeness (QED) is 0.604. The van der Waals surface area contributed by atoms with Crippen LogP contribution in [0, 0.1) is 12.8 Å². The molecule has 0 aliphatic carbocycles. The zero-order chi connectivity index (χ0) is 23.9. The molecule has 4 rings (SSSR count). The highest BCUT2D eigenvalue weighted by Crippen LogP contribution is 2.33. The minimum atomic E-state index is -4.70. The van der Waals surface area contributed by atoms with Crippen molar-refractivity contribution in [2.75, 3.05) is 11.4 Å². The lowest BCUT2D eigenvalue weighted by atomic mass is 10.1. The van der Waals surface area contributed by atoms with Gasteiger partial charge in [-0.15, -0.1) is 0 Å². The molecule has 1 amide bonds. The van der Waals surface area contributed by atoms with E-state index in [9.17, 15) is 23.1 Å². The van der Waals surface area contributed by atoms with Crippen LogP contribution in [0.4, 0.5) is 19.0 Å². The highest BCUT2D eigenvalue weighted by Gasteiger charge is 2.42. The number of halogens is 3. The molecule has 1 saturated heterocycles. The number of amides is 1. The van der Waals surface area contributed by atoms with Gasteiger partial charge in [0.2, 0.25) is 6.41 Å². The number of fused-ring (bicyclic) bond motifs is 1. The van der Waals surface area contributed by atoms with E-state index in [1.165, 1.54) is 39.9 Å². The van der Waals surface area contributed by atoms with Gasteiger partial charge in [0, 0.05) is 11.8 Å². The van der Waals surface area contributed by atoms with E-state index < -0.39 is 24.5 Å². The van der Waals surface area contributed by atoms with E-state index in [2.05, 4.69) is 15.4 Å². The molecule has 33 heavy (non-hydrogen) atoms. The predicted molar refractivity (Wildman–Crippen MR) is 113 cm³/mol. The number of hydrogen-bond acceptors (Lipinski definition) is 6. The van der Waals surface area contributed by atoms with Gasteiger partial charge in [-0.25, -0.2) is 9.50 Å². The van der Waals surface area contributed by atoms with E-state index in [0.29, 0.717) is 18.1 Å². The van der Waals surface area contributed by atoms with Crippen molar-refractivity contribution in [3.05, 3.63) is 59.4 Å². The van der Waals surface area contributed by atoms with Crippen LogP contribution in [0.15, 0.2) is 42.6 Å². The number of aliphatic hydroxyl groups excluding tert-OH is 1. The van der Waals surface area contributed by atoms with Crippen molar-refractivity contribution >= 4 is 17.4 Å². The van der Waals surface area contributed by atoms with Crippen molar-refractivity contribution in [3.8, 4) is 0 Å². The predicted octanol–water partition coefficient (Wildman–Crippen LogP) is 3.21. The van der Waals surface area contributed by atoms with E-state index in [4.69, 9.17) is 4.74 Å². The number of ether oxygens (including phenoxy) is 1. The molecule has 0 bridgehead atoms. The van der Waals surface area contributed by atoms with Gasteiger partial charge in [-0.3, -0.25) is 4.79 Å². The first kappa shape index (κ1) is 23.0. The fourth-order valence-corrected chi connectivity index (χ4v) is 3.74. The summed E-state index contributed by atoms with van der Waals surface area (Å²) in [5.41, 5.74) is 0.471. The van der Waals surface area contributed by atoms with E-state index in [-0.39, 0.29) is 28.8 Å². The highest BCUT2D eigenvalue weighted by atomic mass is 19.4. The molecule has 0 saturated carbocycles. The number of aryl methyl sites for hydroxylation is 1. The summed E-state index contributed by atoms with van der Waals surface area (Å²) in [5.74, 6) is -0.470. The number of rotatable bonds is 5. The molecule has 0 radical (unpaired) electrons. The van der Waals surface area contributed by atoms with E-state index in [1.54, 1.807) is 19.1 Å². The van der Waals surface area contributed by atoms with Gasteiger partial charge in [-0.05, 0) is 18.4 Å². The van der Waals surface area contributed by atoms with Crippen LogP contribution in [0.5, 0.6) is 0 Å². The molecule has 3 atom stereocenters. The number of nitrogens with one attached hydrogen (secondary N) is 1. The summed E-state index contributed by atoms with van der Waals surface area (Å²) in [6, 6.07) is 6.62. The Morgan fingerprint density at radius 1 is 1.27 bits per heavy atom. The molecule has 2 N–H and O–H groups in total. The fraction of sp³-hybridized carbons (Fsp3) is 0.409. The van der Waals surface area contributed by atoms with Crippen molar-refractivity contribution in [2.24, 2.45) is 5.92 Å².